The summed E-state index contributed by atoms with van der Waals surface area (Å²) in [4.78, 5) is 12.3. The van der Waals surface area contributed by atoms with Gasteiger partial charge in [0.2, 0.25) is 5.91 Å². The largest absolute Gasteiger partial charge is 0.394 e. The number of rotatable bonds is 32. The van der Waals surface area contributed by atoms with E-state index in [4.69, 9.17) is 0 Å². The highest BCUT2D eigenvalue weighted by molar-refractivity contribution is 5.80. The minimum absolute atomic E-state index is 0.360. The molecule has 0 aliphatic carbocycles. The topological polar surface area (TPSA) is 89.8 Å². The van der Waals surface area contributed by atoms with Crippen LogP contribution in [0.4, 0.5) is 0 Å². The molecule has 5 nitrogen and oxygen atoms in total. The predicted octanol–water partition coefficient (Wildman–Crippen LogP) is 9.31. The lowest BCUT2D eigenvalue weighted by Gasteiger charge is -2.21. The monoisotopic (exact) mass is 582 g/mol. The Morgan fingerprint density at radius 1 is 0.585 bits per heavy atom. The highest BCUT2D eigenvalue weighted by Gasteiger charge is 2.22. The third-order valence-electron chi connectivity index (χ3n) is 8.38. The number of aliphatic hydroxyl groups is 3. The Bertz CT molecular complexity index is 568. The molecule has 1 amide bonds. The summed E-state index contributed by atoms with van der Waals surface area (Å²) in [5.74, 6) is -0.507. The van der Waals surface area contributed by atoms with Gasteiger partial charge in [0.1, 0.15) is 6.10 Å². The van der Waals surface area contributed by atoms with Crippen molar-refractivity contribution in [3.63, 3.8) is 0 Å². The molecule has 244 valence electrons. The number of carbonyl (C=O) groups is 1. The van der Waals surface area contributed by atoms with E-state index in [1.165, 1.54) is 135 Å². The van der Waals surface area contributed by atoms with Crippen LogP contribution in [0.3, 0.4) is 0 Å². The van der Waals surface area contributed by atoms with Gasteiger partial charge in [-0.05, 0) is 19.3 Å². The Morgan fingerprint density at radius 2 is 0.951 bits per heavy atom. The normalized spacial score (nSPS) is 14.0. The molecule has 0 aliphatic heterocycles. The Kier molecular flexibility index (Phi) is 31.3. The Morgan fingerprint density at radius 3 is 1.34 bits per heavy atom. The van der Waals surface area contributed by atoms with Crippen molar-refractivity contribution in [2.24, 2.45) is 0 Å². The highest BCUT2D eigenvalue weighted by Crippen LogP contribution is 2.15. The van der Waals surface area contributed by atoms with Gasteiger partial charge in [-0.1, -0.05) is 180 Å². The van der Waals surface area contributed by atoms with Gasteiger partial charge in [0, 0.05) is 0 Å². The van der Waals surface area contributed by atoms with Gasteiger partial charge < -0.3 is 20.6 Å². The zero-order chi connectivity index (χ0) is 30.2. The number of amides is 1. The van der Waals surface area contributed by atoms with Crippen molar-refractivity contribution >= 4 is 5.91 Å². The van der Waals surface area contributed by atoms with Gasteiger partial charge in [-0.15, -0.1) is 0 Å². The summed E-state index contributed by atoms with van der Waals surface area (Å²) >= 11 is 0. The lowest BCUT2D eigenvalue weighted by molar-refractivity contribution is -0.131. The summed E-state index contributed by atoms with van der Waals surface area (Å²) in [7, 11) is 0. The molecule has 0 heterocycles. The van der Waals surface area contributed by atoms with Crippen molar-refractivity contribution < 1.29 is 20.1 Å². The van der Waals surface area contributed by atoms with Crippen LogP contribution in [-0.2, 0) is 4.79 Å². The number of nitrogens with one attached hydrogen (secondary N) is 1. The maximum atomic E-state index is 12.3. The van der Waals surface area contributed by atoms with Crippen LogP contribution in [0.5, 0.6) is 0 Å². The Hall–Kier alpha value is -0.910. The van der Waals surface area contributed by atoms with E-state index in [2.05, 4.69) is 19.2 Å². The molecule has 0 aromatic carbocycles. The van der Waals surface area contributed by atoms with Gasteiger partial charge in [0.15, 0.2) is 0 Å². The van der Waals surface area contributed by atoms with Crippen molar-refractivity contribution in [1.29, 1.82) is 0 Å². The van der Waals surface area contributed by atoms with E-state index in [0.717, 1.165) is 32.1 Å². The first-order valence-electron chi connectivity index (χ1n) is 18.0. The van der Waals surface area contributed by atoms with Crippen molar-refractivity contribution in [2.75, 3.05) is 6.61 Å². The first-order chi connectivity index (χ1) is 20.1. The van der Waals surface area contributed by atoms with Crippen molar-refractivity contribution in [1.82, 2.24) is 5.32 Å². The Labute approximate surface area is 255 Å². The number of allylic oxidation sites excluding steroid dienone is 1. The standard InChI is InChI=1S/C36H71NO4/c1-3-5-7-9-11-13-14-15-16-17-18-19-20-21-22-23-25-26-28-30-34(39)33(32-38)37-36(41)35(40)31-29-27-24-12-10-8-6-4-2/h28,30,33-35,38-40H,3-27,29,31-32H2,1-2H3,(H,37,41)/b30-28+. The van der Waals surface area contributed by atoms with E-state index in [-0.39, 0.29) is 6.61 Å². The van der Waals surface area contributed by atoms with Crippen molar-refractivity contribution in [3.8, 4) is 0 Å². The number of hydrogen-bond donors (Lipinski definition) is 4. The summed E-state index contributed by atoms with van der Waals surface area (Å²) in [5, 5.41) is 32.8. The minimum Gasteiger partial charge on any atom is -0.394 e. The van der Waals surface area contributed by atoms with Crippen LogP contribution in [0, 0.1) is 0 Å². The summed E-state index contributed by atoms with van der Waals surface area (Å²) in [6, 6.07) is -0.789. The molecular weight excluding hydrogens is 510 g/mol. The van der Waals surface area contributed by atoms with E-state index in [9.17, 15) is 20.1 Å². The molecule has 3 unspecified atom stereocenters. The first-order valence-corrected chi connectivity index (χ1v) is 18.0. The molecule has 3 atom stereocenters. The molecule has 0 bridgehead atoms. The van der Waals surface area contributed by atoms with Crippen LogP contribution >= 0.6 is 0 Å². The van der Waals surface area contributed by atoms with Crippen LogP contribution in [0.2, 0.25) is 0 Å². The maximum absolute atomic E-state index is 12.3. The van der Waals surface area contributed by atoms with E-state index in [0.29, 0.717) is 6.42 Å². The smallest absolute Gasteiger partial charge is 0.249 e. The fourth-order valence-corrected chi connectivity index (χ4v) is 5.48. The zero-order valence-electron chi connectivity index (χ0n) is 27.4. The molecule has 0 saturated carbocycles. The molecule has 41 heavy (non-hydrogen) atoms. The van der Waals surface area contributed by atoms with E-state index in [1.807, 2.05) is 6.08 Å². The fourth-order valence-electron chi connectivity index (χ4n) is 5.48. The minimum atomic E-state index is -1.09. The second kappa shape index (κ2) is 32.0. The molecule has 0 aliphatic rings. The van der Waals surface area contributed by atoms with Crippen LogP contribution in [0.15, 0.2) is 12.2 Å². The summed E-state index contributed by atoms with van der Waals surface area (Å²) in [6.45, 7) is 4.13. The highest BCUT2D eigenvalue weighted by atomic mass is 16.3. The van der Waals surface area contributed by atoms with Crippen LogP contribution in [0.1, 0.15) is 187 Å². The molecular formula is C36H71NO4. The van der Waals surface area contributed by atoms with Gasteiger partial charge in [0.05, 0.1) is 18.8 Å². The summed E-state index contributed by atoms with van der Waals surface area (Å²) in [5.41, 5.74) is 0. The third kappa shape index (κ3) is 27.7. The fraction of sp³-hybridized carbons (Fsp3) is 0.917. The van der Waals surface area contributed by atoms with Gasteiger partial charge >= 0.3 is 0 Å². The molecule has 0 aromatic heterocycles. The van der Waals surface area contributed by atoms with Crippen molar-refractivity contribution in [2.45, 2.75) is 205 Å². The summed E-state index contributed by atoms with van der Waals surface area (Å²) < 4.78 is 0. The van der Waals surface area contributed by atoms with E-state index < -0.39 is 24.2 Å². The van der Waals surface area contributed by atoms with E-state index in [1.54, 1.807) is 6.08 Å². The molecule has 0 fully saturated rings. The first kappa shape index (κ1) is 40.1. The number of hydrogen-bond acceptors (Lipinski definition) is 4. The number of carbonyl (C=O) groups excluding carboxylic acids is 1. The van der Waals surface area contributed by atoms with E-state index >= 15 is 0 Å². The van der Waals surface area contributed by atoms with Crippen molar-refractivity contribution in [3.05, 3.63) is 12.2 Å². The quantitative estimate of drug-likeness (QED) is 0.0471. The molecule has 0 spiro atoms. The summed E-state index contributed by atoms with van der Waals surface area (Å²) in [6.07, 6.45) is 35.2. The van der Waals surface area contributed by atoms with Crippen LogP contribution < -0.4 is 5.32 Å². The van der Waals surface area contributed by atoms with Gasteiger partial charge in [-0.2, -0.15) is 0 Å². The molecule has 0 saturated heterocycles. The average molecular weight is 582 g/mol. The predicted molar refractivity (Wildman–Crippen MR) is 176 cm³/mol. The van der Waals surface area contributed by atoms with Crippen LogP contribution in [0.25, 0.3) is 0 Å². The molecule has 4 N–H and O–H groups in total. The third-order valence-corrected chi connectivity index (χ3v) is 8.38. The number of aliphatic hydroxyl groups excluding tert-OH is 3. The molecule has 0 rings (SSSR count). The van der Waals surface area contributed by atoms with Crippen LogP contribution in [-0.4, -0.2) is 46.1 Å². The molecule has 0 aromatic rings. The second-order valence-electron chi connectivity index (χ2n) is 12.4. The second-order valence-corrected chi connectivity index (χ2v) is 12.4. The maximum Gasteiger partial charge on any atom is 0.249 e. The van der Waals surface area contributed by atoms with Gasteiger partial charge in [-0.25, -0.2) is 0 Å². The lowest BCUT2D eigenvalue weighted by atomic mass is 10.0. The average Bonchev–Trinajstić information content (AvgIpc) is 2.98. The lowest BCUT2D eigenvalue weighted by Crippen LogP contribution is -2.48. The number of unbranched alkanes of at least 4 members (excludes halogenated alkanes) is 24. The molecule has 5 heteroatoms. The zero-order valence-corrected chi connectivity index (χ0v) is 27.4. The van der Waals surface area contributed by atoms with Gasteiger partial charge in [0.25, 0.3) is 0 Å². The SMILES string of the molecule is CCCCCCCCCCCCCCCCCCC/C=C/C(O)C(CO)NC(=O)C(O)CCCCCCCCCC. The molecule has 0 radical (unpaired) electrons. The van der Waals surface area contributed by atoms with Gasteiger partial charge in [-0.3, -0.25) is 4.79 Å². The Balaban J connectivity index is 3.68.